The van der Waals surface area contributed by atoms with E-state index in [1.807, 2.05) is 0 Å². The van der Waals surface area contributed by atoms with Gasteiger partial charge in [0.25, 0.3) is 11.8 Å². The molecule has 0 spiro atoms. The number of carbonyl (C=O) groups excluding carboxylic acids is 2. The fraction of sp³-hybridized carbons (Fsp3) is 0. The van der Waals surface area contributed by atoms with E-state index in [9.17, 15) is 23.5 Å². The lowest BCUT2D eigenvalue weighted by atomic mass is 10.1. The summed E-state index contributed by atoms with van der Waals surface area (Å²) in [5.74, 6) is -4.02. The van der Waals surface area contributed by atoms with Crippen LogP contribution in [-0.4, -0.2) is 16.9 Å². The van der Waals surface area contributed by atoms with Crippen LogP contribution in [0.5, 0.6) is 5.75 Å². The van der Waals surface area contributed by atoms with Crippen molar-refractivity contribution < 1.29 is 23.5 Å². The van der Waals surface area contributed by atoms with Gasteiger partial charge in [-0.15, -0.1) is 0 Å². The highest BCUT2D eigenvalue weighted by atomic mass is 19.2. The Labute approximate surface area is 111 Å². The van der Waals surface area contributed by atoms with Crippen LogP contribution in [-0.2, 0) is 0 Å². The lowest BCUT2D eigenvalue weighted by Crippen LogP contribution is -2.29. The number of rotatable bonds is 1. The van der Waals surface area contributed by atoms with Gasteiger partial charge in [0.1, 0.15) is 5.75 Å². The van der Waals surface area contributed by atoms with E-state index in [2.05, 4.69) is 0 Å². The van der Waals surface area contributed by atoms with E-state index in [0.717, 1.165) is 4.90 Å². The number of fused-ring (bicyclic) bond motifs is 1. The summed E-state index contributed by atoms with van der Waals surface area (Å²) >= 11 is 0. The van der Waals surface area contributed by atoms with Gasteiger partial charge in [-0.2, -0.15) is 0 Å². The summed E-state index contributed by atoms with van der Waals surface area (Å²) in [4.78, 5) is 25.0. The predicted octanol–water partition coefficient (Wildman–Crippen LogP) is 2.47. The molecule has 100 valence electrons. The molecule has 20 heavy (non-hydrogen) atoms. The summed E-state index contributed by atoms with van der Waals surface area (Å²) in [7, 11) is 0. The Balaban J connectivity index is 2.14. The highest BCUT2D eigenvalue weighted by molar-refractivity contribution is 6.34. The van der Waals surface area contributed by atoms with Gasteiger partial charge in [-0.3, -0.25) is 9.59 Å². The molecule has 0 fully saturated rings. The number of anilines is 1. The second-order valence-corrected chi connectivity index (χ2v) is 4.28. The van der Waals surface area contributed by atoms with E-state index >= 15 is 0 Å². The third-order valence-corrected chi connectivity index (χ3v) is 3.02. The van der Waals surface area contributed by atoms with Gasteiger partial charge < -0.3 is 5.11 Å². The van der Waals surface area contributed by atoms with Gasteiger partial charge in [-0.25, -0.2) is 13.7 Å². The topological polar surface area (TPSA) is 57.6 Å². The molecule has 0 atom stereocenters. The number of aromatic hydroxyl groups is 1. The van der Waals surface area contributed by atoms with Crippen molar-refractivity contribution >= 4 is 17.5 Å². The van der Waals surface area contributed by atoms with Gasteiger partial charge in [0, 0.05) is 6.07 Å². The van der Waals surface area contributed by atoms with E-state index in [0.29, 0.717) is 12.1 Å². The number of phenolic OH excluding ortho intramolecular Hbond substituents is 1. The van der Waals surface area contributed by atoms with Crippen molar-refractivity contribution in [1.82, 2.24) is 0 Å². The number of halogens is 2. The summed E-state index contributed by atoms with van der Waals surface area (Å²) in [6.07, 6.45) is 0. The molecule has 0 saturated heterocycles. The van der Waals surface area contributed by atoms with Crippen molar-refractivity contribution in [3.05, 3.63) is 59.2 Å². The Morgan fingerprint density at radius 2 is 1.45 bits per heavy atom. The average Bonchev–Trinajstić information content (AvgIpc) is 2.63. The fourth-order valence-corrected chi connectivity index (χ4v) is 2.10. The molecule has 4 nitrogen and oxygen atoms in total. The molecular weight excluding hydrogens is 268 g/mol. The molecule has 2 amide bonds. The minimum absolute atomic E-state index is 0.128. The molecule has 0 aliphatic carbocycles. The summed E-state index contributed by atoms with van der Waals surface area (Å²) in [6, 6.07) is 6.89. The number of amides is 2. The summed E-state index contributed by atoms with van der Waals surface area (Å²) < 4.78 is 26.3. The third-order valence-electron chi connectivity index (χ3n) is 3.02. The van der Waals surface area contributed by atoms with Crippen molar-refractivity contribution in [1.29, 1.82) is 0 Å². The highest BCUT2D eigenvalue weighted by Crippen LogP contribution is 2.31. The van der Waals surface area contributed by atoms with Crippen LogP contribution in [0, 0.1) is 11.6 Å². The van der Waals surface area contributed by atoms with Gasteiger partial charge >= 0.3 is 0 Å². The molecule has 1 N–H and O–H groups in total. The molecular formula is C14H7F2NO3. The van der Waals surface area contributed by atoms with Gasteiger partial charge in [0.15, 0.2) is 11.6 Å². The minimum atomic E-state index is -1.19. The predicted molar refractivity (Wildman–Crippen MR) is 65.6 cm³/mol. The first-order valence-corrected chi connectivity index (χ1v) is 5.66. The van der Waals surface area contributed by atoms with E-state index in [1.165, 1.54) is 24.3 Å². The zero-order valence-electron chi connectivity index (χ0n) is 9.93. The maximum absolute atomic E-state index is 13.2. The first kappa shape index (κ1) is 12.3. The number of imide groups is 1. The second kappa shape index (κ2) is 4.12. The van der Waals surface area contributed by atoms with Crippen LogP contribution in [0.3, 0.4) is 0 Å². The number of phenols is 1. The lowest BCUT2D eigenvalue weighted by molar-refractivity contribution is 0.0926. The molecule has 3 rings (SSSR count). The van der Waals surface area contributed by atoms with Crippen molar-refractivity contribution in [2.24, 2.45) is 0 Å². The Kier molecular flexibility index (Phi) is 2.53. The van der Waals surface area contributed by atoms with Gasteiger partial charge in [-0.05, 0) is 24.3 Å². The van der Waals surface area contributed by atoms with Crippen LogP contribution in [0.1, 0.15) is 20.7 Å². The Morgan fingerprint density at radius 1 is 0.900 bits per heavy atom. The van der Waals surface area contributed by atoms with Crippen LogP contribution in [0.25, 0.3) is 0 Å². The maximum Gasteiger partial charge on any atom is 0.266 e. The van der Waals surface area contributed by atoms with Gasteiger partial charge in [0.2, 0.25) is 0 Å². The lowest BCUT2D eigenvalue weighted by Gasteiger charge is -2.13. The quantitative estimate of drug-likeness (QED) is 0.813. The second-order valence-electron chi connectivity index (χ2n) is 4.28. The largest absolute Gasteiger partial charge is 0.508 e. The zero-order chi connectivity index (χ0) is 14.4. The number of nitrogens with zero attached hydrogens (tertiary/aromatic N) is 1. The van der Waals surface area contributed by atoms with Crippen LogP contribution in [0.4, 0.5) is 14.5 Å². The summed E-state index contributed by atoms with van der Waals surface area (Å²) in [6.45, 7) is 0. The smallest absolute Gasteiger partial charge is 0.266 e. The Hall–Kier alpha value is -2.76. The standard InChI is InChI=1S/C14H7F2NO3/c15-11-5-9-10(6-12(11)16)14(20)17(13(9)19)7-2-1-3-8(18)4-7/h1-6,18H. The van der Waals surface area contributed by atoms with E-state index in [4.69, 9.17) is 0 Å². The Morgan fingerprint density at radius 3 is 1.95 bits per heavy atom. The van der Waals surface area contributed by atoms with Gasteiger partial charge in [0.05, 0.1) is 16.8 Å². The van der Waals surface area contributed by atoms with Crippen molar-refractivity contribution in [2.45, 2.75) is 0 Å². The molecule has 0 aromatic heterocycles. The van der Waals surface area contributed by atoms with Crippen LogP contribution in [0.15, 0.2) is 36.4 Å². The SMILES string of the molecule is O=C1c2cc(F)c(F)cc2C(=O)N1c1cccc(O)c1. The third kappa shape index (κ3) is 1.65. The maximum atomic E-state index is 13.2. The molecule has 1 aliphatic rings. The summed E-state index contributed by atoms with van der Waals surface area (Å²) in [5, 5.41) is 9.38. The van der Waals surface area contributed by atoms with Gasteiger partial charge in [-0.1, -0.05) is 6.07 Å². The first-order chi connectivity index (χ1) is 9.49. The number of hydrogen-bond acceptors (Lipinski definition) is 3. The molecule has 2 aromatic rings. The summed E-state index contributed by atoms with van der Waals surface area (Å²) in [5.41, 5.74) is -0.258. The number of carbonyl (C=O) groups is 2. The molecule has 0 radical (unpaired) electrons. The molecule has 6 heteroatoms. The Bertz CT molecular complexity index is 717. The number of benzene rings is 2. The number of hydrogen-bond donors (Lipinski definition) is 1. The molecule has 2 aromatic carbocycles. The van der Waals surface area contributed by atoms with Crippen molar-refractivity contribution in [3.8, 4) is 5.75 Å². The molecule has 0 saturated carbocycles. The van der Waals surface area contributed by atoms with Crippen molar-refractivity contribution in [3.63, 3.8) is 0 Å². The fourth-order valence-electron chi connectivity index (χ4n) is 2.10. The minimum Gasteiger partial charge on any atom is -0.508 e. The van der Waals surface area contributed by atoms with E-state index in [1.54, 1.807) is 0 Å². The van der Waals surface area contributed by atoms with Crippen LogP contribution < -0.4 is 4.90 Å². The first-order valence-electron chi connectivity index (χ1n) is 5.66. The highest BCUT2D eigenvalue weighted by Gasteiger charge is 2.37. The molecule has 1 aliphatic heterocycles. The van der Waals surface area contributed by atoms with Crippen LogP contribution >= 0.6 is 0 Å². The normalized spacial score (nSPS) is 13.8. The van der Waals surface area contributed by atoms with Crippen molar-refractivity contribution in [2.75, 3.05) is 4.90 Å². The average molecular weight is 275 g/mol. The van der Waals surface area contributed by atoms with Crippen LogP contribution in [0.2, 0.25) is 0 Å². The molecule has 0 bridgehead atoms. The van der Waals surface area contributed by atoms with E-state index < -0.39 is 23.4 Å². The molecule has 1 heterocycles. The van der Waals surface area contributed by atoms with E-state index in [-0.39, 0.29) is 22.6 Å². The molecule has 0 unspecified atom stereocenters. The monoisotopic (exact) mass is 275 g/mol. The zero-order valence-corrected chi connectivity index (χ0v) is 9.93.